The predicted molar refractivity (Wildman–Crippen MR) is 90.5 cm³/mol. The van der Waals surface area contributed by atoms with E-state index in [1.807, 2.05) is 65.0 Å². The molecule has 116 valence electrons. The molecule has 0 aliphatic heterocycles. The van der Waals surface area contributed by atoms with E-state index in [1.54, 1.807) is 0 Å². The number of carbonyl (C=O) groups is 1. The molecular formula is C20H24O2. The van der Waals surface area contributed by atoms with E-state index in [0.29, 0.717) is 0 Å². The van der Waals surface area contributed by atoms with Gasteiger partial charge in [-0.25, -0.2) is 0 Å². The van der Waals surface area contributed by atoms with Gasteiger partial charge in [0, 0.05) is 0 Å². The molecule has 0 heterocycles. The van der Waals surface area contributed by atoms with E-state index in [9.17, 15) is 4.79 Å². The summed E-state index contributed by atoms with van der Waals surface area (Å²) in [4.78, 5) is 12.1. The highest BCUT2D eigenvalue weighted by Crippen LogP contribution is 2.30. The molecule has 0 aliphatic carbocycles. The summed E-state index contributed by atoms with van der Waals surface area (Å²) < 4.78 is 5.69. The Kier molecular flexibility index (Phi) is 4.41. The van der Waals surface area contributed by atoms with Gasteiger partial charge < -0.3 is 4.74 Å². The minimum Gasteiger partial charge on any atom is -0.454 e. The van der Waals surface area contributed by atoms with Crippen LogP contribution >= 0.6 is 0 Å². The molecule has 0 amide bonds. The van der Waals surface area contributed by atoms with Crippen LogP contribution in [0.4, 0.5) is 0 Å². The van der Waals surface area contributed by atoms with E-state index in [4.69, 9.17) is 4.74 Å². The summed E-state index contributed by atoms with van der Waals surface area (Å²) in [5.74, 6) is -0.190. The van der Waals surface area contributed by atoms with Crippen molar-refractivity contribution in [3.63, 3.8) is 0 Å². The van der Waals surface area contributed by atoms with Crippen LogP contribution in [-0.4, -0.2) is 5.97 Å². The molecular weight excluding hydrogens is 272 g/mol. The van der Waals surface area contributed by atoms with Crippen LogP contribution in [0.15, 0.2) is 54.6 Å². The Balaban J connectivity index is 2.21. The van der Waals surface area contributed by atoms with E-state index >= 15 is 0 Å². The lowest BCUT2D eigenvalue weighted by Gasteiger charge is -2.29. The number of hydrogen-bond acceptors (Lipinski definition) is 2. The Labute approximate surface area is 133 Å². The molecule has 0 aromatic heterocycles. The Hall–Kier alpha value is -2.09. The third-order valence-corrected chi connectivity index (χ3v) is 3.65. The largest absolute Gasteiger partial charge is 0.454 e. The first kappa shape index (κ1) is 16.3. The van der Waals surface area contributed by atoms with Gasteiger partial charge in [0.25, 0.3) is 0 Å². The number of carbonyl (C=O) groups excluding carboxylic acids is 1. The smallest absolute Gasteiger partial charge is 0.312 e. The first-order valence-electron chi connectivity index (χ1n) is 7.59. The van der Waals surface area contributed by atoms with Gasteiger partial charge in [0.2, 0.25) is 0 Å². The SMILES string of the molecule is CC(C)(C)C(=O)OC(C)(C)c1ccc(-c2ccccc2)cc1. The number of rotatable bonds is 3. The van der Waals surface area contributed by atoms with Gasteiger partial charge in [-0.15, -0.1) is 0 Å². The van der Waals surface area contributed by atoms with Gasteiger partial charge in [-0.05, 0) is 51.3 Å². The quantitative estimate of drug-likeness (QED) is 0.730. The molecule has 22 heavy (non-hydrogen) atoms. The Morgan fingerprint density at radius 3 is 1.77 bits per heavy atom. The fourth-order valence-electron chi connectivity index (χ4n) is 2.14. The molecule has 0 N–H and O–H groups in total. The maximum atomic E-state index is 12.1. The van der Waals surface area contributed by atoms with Crippen molar-refractivity contribution in [1.82, 2.24) is 0 Å². The van der Waals surface area contributed by atoms with Crippen molar-refractivity contribution in [2.24, 2.45) is 5.41 Å². The molecule has 2 aromatic carbocycles. The van der Waals surface area contributed by atoms with Crippen LogP contribution < -0.4 is 0 Å². The van der Waals surface area contributed by atoms with Crippen LogP contribution in [0.5, 0.6) is 0 Å². The zero-order chi connectivity index (χ0) is 16.4. The van der Waals surface area contributed by atoms with E-state index < -0.39 is 11.0 Å². The lowest BCUT2D eigenvalue weighted by molar-refractivity contribution is -0.167. The number of esters is 1. The lowest BCUT2D eigenvalue weighted by atomic mass is 9.93. The highest BCUT2D eigenvalue weighted by molar-refractivity contribution is 5.76. The van der Waals surface area contributed by atoms with Crippen molar-refractivity contribution in [3.8, 4) is 11.1 Å². The lowest BCUT2D eigenvalue weighted by Crippen LogP contribution is -2.32. The second-order valence-corrected chi connectivity index (χ2v) is 7.09. The average molecular weight is 296 g/mol. The minimum absolute atomic E-state index is 0.190. The molecule has 0 aliphatic rings. The zero-order valence-corrected chi connectivity index (χ0v) is 14.0. The monoisotopic (exact) mass is 296 g/mol. The van der Waals surface area contributed by atoms with Crippen molar-refractivity contribution in [2.45, 2.75) is 40.2 Å². The maximum absolute atomic E-state index is 12.1. The van der Waals surface area contributed by atoms with Crippen LogP contribution in [0.1, 0.15) is 40.2 Å². The van der Waals surface area contributed by atoms with E-state index in [2.05, 4.69) is 24.3 Å². The second kappa shape index (κ2) is 5.96. The number of benzene rings is 2. The van der Waals surface area contributed by atoms with Crippen molar-refractivity contribution >= 4 is 5.97 Å². The molecule has 2 rings (SSSR count). The van der Waals surface area contributed by atoms with Gasteiger partial charge in [0.05, 0.1) is 5.41 Å². The van der Waals surface area contributed by atoms with Gasteiger partial charge in [0.1, 0.15) is 5.60 Å². The van der Waals surface area contributed by atoms with Gasteiger partial charge in [-0.2, -0.15) is 0 Å². The highest BCUT2D eigenvalue weighted by Gasteiger charge is 2.31. The first-order valence-corrected chi connectivity index (χ1v) is 7.59. The van der Waals surface area contributed by atoms with Gasteiger partial charge in [-0.3, -0.25) is 4.79 Å². The van der Waals surface area contributed by atoms with E-state index in [-0.39, 0.29) is 5.97 Å². The third-order valence-electron chi connectivity index (χ3n) is 3.65. The summed E-state index contributed by atoms with van der Waals surface area (Å²) in [6.45, 7) is 9.44. The summed E-state index contributed by atoms with van der Waals surface area (Å²) in [6, 6.07) is 18.4. The molecule has 0 saturated heterocycles. The topological polar surface area (TPSA) is 26.3 Å². The van der Waals surface area contributed by atoms with Crippen LogP contribution in [-0.2, 0) is 15.1 Å². The zero-order valence-electron chi connectivity index (χ0n) is 14.0. The number of ether oxygens (including phenoxy) is 1. The predicted octanol–water partition coefficient (Wildman–Crippen LogP) is 5.18. The van der Waals surface area contributed by atoms with Crippen LogP contribution in [0.3, 0.4) is 0 Å². The summed E-state index contributed by atoms with van der Waals surface area (Å²) in [5.41, 5.74) is 2.19. The highest BCUT2D eigenvalue weighted by atomic mass is 16.6. The summed E-state index contributed by atoms with van der Waals surface area (Å²) in [5, 5.41) is 0. The standard InChI is InChI=1S/C20H24O2/c1-19(2,3)18(21)22-20(4,5)17-13-11-16(12-14-17)15-9-7-6-8-10-15/h6-14H,1-5H3. The normalized spacial score (nSPS) is 12.0. The summed E-state index contributed by atoms with van der Waals surface area (Å²) in [6.07, 6.45) is 0. The van der Waals surface area contributed by atoms with Gasteiger partial charge in [-0.1, -0.05) is 54.6 Å². The molecule has 0 bridgehead atoms. The Morgan fingerprint density at radius 1 is 0.773 bits per heavy atom. The molecule has 0 fully saturated rings. The fraction of sp³-hybridized carbons (Fsp3) is 0.350. The third kappa shape index (κ3) is 3.76. The van der Waals surface area contributed by atoms with E-state index in [1.165, 1.54) is 5.56 Å². The Bertz CT molecular complexity index is 632. The molecule has 2 heteroatoms. The van der Waals surface area contributed by atoms with Crippen LogP contribution in [0, 0.1) is 5.41 Å². The summed E-state index contributed by atoms with van der Waals surface area (Å²) >= 11 is 0. The van der Waals surface area contributed by atoms with Crippen LogP contribution in [0.2, 0.25) is 0 Å². The summed E-state index contributed by atoms with van der Waals surface area (Å²) in [7, 11) is 0. The molecule has 0 radical (unpaired) electrons. The first-order chi connectivity index (χ1) is 10.2. The Morgan fingerprint density at radius 2 is 1.27 bits per heavy atom. The minimum atomic E-state index is -0.639. The average Bonchev–Trinajstić information content (AvgIpc) is 2.47. The maximum Gasteiger partial charge on any atom is 0.312 e. The van der Waals surface area contributed by atoms with Crippen molar-refractivity contribution in [2.75, 3.05) is 0 Å². The molecule has 0 atom stereocenters. The van der Waals surface area contributed by atoms with Crippen LogP contribution in [0.25, 0.3) is 11.1 Å². The fourth-order valence-corrected chi connectivity index (χ4v) is 2.14. The van der Waals surface area contributed by atoms with Crippen molar-refractivity contribution in [3.05, 3.63) is 60.2 Å². The molecule has 0 unspecified atom stereocenters. The molecule has 2 aromatic rings. The van der Waals surface area contributed by atoms with Crippen molar-refractivity contribution in [1.29, 1.82) is 0 Å². The van der Waals surface area contributed by atoms with Crippen molar-refractivity contribution < 1.29 is 9.53 Å². The second-order valence-electron chi connectivity index (χ2n) is 7.09. The number of hydrogen-bond donors (Lipinski definition) is 0. The van der Waals surface area contributed by atoms with E-state index in [0.717, 1.165) is 11.1 Å². The molecule has 0 saturated carbocycles. The molecule has 0 spiro atoms. The van der Waals surface area contributed by atoms with Gasteiger partial charge in [0.15, 0.2) is 0 Å². The van der Waals surface area contributed by atoms with Gasteiger partial charge >= 0.3 is 5.97 Å². The molecule has 2 nitrogen and oxygen atoms in total.